The van der Waals surface area contributed by atoms with Crippen LogP contribution >= 0.6 is 0 Å². The predicted octanol–water partition coefficient (Wildman–Crippen LogP) is 5.41. The summed E-state index contributed by atoms with van der Waals surface area (Å²) >= 11 is 0. The number of fused-ring (bicyclic) bond motifs is 1. The first kappa shape index (κ1) is 18.8. The quantitative estimate of drug-likeness (QED) is 0.684. The molecule has 0 spiro atoms. The van der Waals surface area contributed by atoms with Crippen molar-refractivity contribution in [2.45, 2.75) is 45.1 Å². The molecule has 2 aromatic rings. The van der Waals surface area contributed by atoms with E-state index in [1.165, 1.54) is 17.7 Å². The van der Waals surface area contributed by atoms with Gasteiger partial charge >= 0.3 is 0 Å². The van der Waals surface area contributed by atoms with Crippen molar-refractivity contribution in [3.05, 3.63) is 65.2 Å². The molecule has 0 radical (unpaired) electrons. The number of benzene rings is 2. The third-order valence-corrected chi connectivity index (χ3v) is 5.40. The molecule has 0 bridgehead atoms. The number of rotatable bonds is 8. The van der Waals surface area contributed by atoms with Crippen molar-refractivity contribution in [3.8, 4) is 5.75 Å². The first-order valence-electron chi connectivity index (χ1n) is 9.52. The first-order chi connectivity index (χ1) is 12.6. The Hall–Kier alpha value is -1.94. The summed E-state index contributed by atoms with van der Waals surface area (Å²) < 4.78 is 33.3. The summed E-state index contributed by atoms with van der Waals surface area (Å²) in [4.78, 5) is 0. The number of halogens is 2. The van der Waals surface area contributed by atoms with Crippen LogP contribution in [0.3, 0.4) is 0 Å². The van der Waals surface area contributed by atoms with Crippen LogP contribution in [0.15, 0.2) is 42.5 Å². The van der Waals surface area contributed by atoms with Gasteiger partial charge in [0.2, 0.25) is 0 Å². The van der Waals surface area contributed by atoms with Crippen LogP contribution in [0, 0.1) is 23.5 Å². The second kappa shape index (κ2) is 8.63. The fourth-order valence-corrected chi connectivity index (χ4v) is 4.00. The SMILES string of the molecule is CCCC(CN)CC[C@@H]1Cc2ccccc2C1Oc1ccc(F)cc1F. The second-order valence-electron chi connectivity index (χ2n) is 7.24. The molecule has 0 aliphatic heterocycles. The van der Waals surface area contributed by atoms with E-state index in [0.29, 0.717) is 12.5 Å². The molecule has 2 aromatic carbocycles. The zero-order valence-corrected chi connectivity index (χ0v) is 15.3. The van der Waals surface area contributed by atoms with E-state index in [0.717, 1.165) is 43.7 Å². The van der Waals surface area contributed by atoms with E-state index >= 15 is 0 Å². The standard InChI is InChI=1S/C22H27F2NO/c1-2-5-15(14-25)8-9-17-12-16-6-3-4-7-19(16)22(17)26-21-11-10-18(23)13-20(21)24/h3-4,6-7,10-11,13,15,17,22H,2,5,8-9,12,14,25H2,1H3/t15?,17-,22?/m1/s1. The monoisotopic (exact) mass is 359 g/mol. The lowest BCUT2D eigenvalue weighted by molar-refractivity contribution is 0.132. The number of hydrogen-bond acceptors (Lipinski definition) is 2. The van der Waals surface area contributed by atoms with E-state index in [4.69, 9.17) is 10.5 Å². The Morgan fingerprint density at radius 3 is 2.69 bits per heavy atom. The third kappa shape index (κ3) is 4.24. The molecular formula is C22H27F2NO. The predicted molar refractivity (Wildman–Crippen MR) is 100 cm³/mol. The van der Waals surface area contributed by atoms with E-state index in [1.807, 2.05) is 18.2 Å². The summed E-state index contributed by atoms with van der Waals surface area (Å²) in [5, 5.41) is 0. The smallest absolute Gasteiger partial charge is 0.168 e. The zero-order valence-electron chi connectivity index (χ0n) is 15.3. The number of ether oxygens (including phenoxy) is 1. The lowest BCUT2D eigenvalue weighted by Gasteiger charge is -2.24. The van der Waals surface area contributed by atoms with E-state index in [2.05, 4.69) is 13.0 Å². The molecule has 0 aromatic heterocycles. The van der Waals surface area contributed by atoms with Crippen LogP contribution in [0.4, 0.5) is 8.78 Å². The van der Waals surface area contributed by atoms with Gasteiger partial charge < -0.3 is 10.5 Å². The van der Waals surface area contributed by atoms with Gasteiger partial charge in [-0.1, -0.05) is 37.6 Å². The summed E-state index contributed by atoms with van der Waals surface area (Å²) in [6.45, 7) is 2.88. The van der Waals surface area contributed by atoms with Crippen LogP contribution in [-0.2, 0) is 6.42 Å². The highest BCUT2D eigenvalue weighted by molar-refractivity contribution is 5.36. The van der Waals surface area contributed by atoms with Gasteiger partial charge in [0.25, 0.3) is 0 Å². The fraction of sp³-hybridized carbons (Fsp3) is 0.455. The maximum atomic E-state index is 14.1. The summed E-state index contributed by atoms with van der Waals surface area (Å²) in [6, 6.07) is 11.7. The molecule has 0 saturated carbocycles. The average Bonchev–Trinajstić information content (AvgIpc) is 2.98. The summed E-state index contributed by atoms with van der Waals surface area (Å²) in [5.41, 5.74) is 8.27. The average molecular weight is 359 g/mol. The molecule has 2 nitrogen and oxygen atoms in total. The van der Waals surface area contributed by atoms with Crippen LogP contribution in [0.2, 0.25) is 0 Å². The van der Waals surface area contributed by atoms with Crippen LogP contribution < -0.4 is 10.5 Å². The minimum atomic E-state index is -0.654. The van der Waals surface area contributed by atoms with Gasteiger partial charge in [0, 0.05) is 12.0 Å². The Labute approximate surface area is 154 Å². The molecule has 3 atom stereocenters. The molecule has 3 rings (SSSR count). The molecule has 0 amide bonds. The fourth-order valence-electron chi connectivity index (χ4n) is 4.00. The van der Waals surface area contributed by atoms with Crippen molar-refractivity contribution >= 4 is 0 Å². The highest BCUT2D eigenvalue weighted by atomic mass is 19.1. The number of nitrogens with two attached hydrogens (primary N) is 1. The molecule has 0 heterocycles. The van der Waals surface area contributed by atoms with Crippen molar-refractivity contribution in [3.63, 3.8) is 0 Å². The van der Waals surface area contributed by atoms with E-state index in [-0.39, 0.29) is 17.8 Å². The molecule has 1 aliphatic rings. The van der Waals surface area contributed by atoms with Gasteiger partial charge in [-0.2, -0.15) is 0 Å². The molecular weight excluding hydrogens is 332 g/mol. The zero-order chi connectivity index (χ0) is 18.5. The minimum absolute atomic E-state index is 0.113. The lowest BCUT2D eigenvalue weighted by Crippen LogP contribution is -2.19. The molecule has 26 heavy (non-hydrogen) atoms. The van der Waals surface area contributed by atoms with Crippen molar-refractivity contribution in [2.75, 3.05) is 6.54 Å². The van der Waals surface area contributed by atoms with E-state index in [9.17, 15) is 8.78 Å². The Balaban J connectivity index is 1.78. The minimum Gasteiger partial charge on any atom is -0.482 e. The largest absolute Gasteiger partial charge is 0.482 e. The van der Waals surface area contributed by atoms with Crippen molar-refractivity contribution in [2.24, 2.45) is 17.6 Å². The molecule has 1 aliphatic carbocycles. The normalized spacial score (nSPS) is 20.0. The third-order valence-electron chi connectivity index (χ3n) is 5.40. The molecule has 0 fully saturated rings. The summed E-state index contributed by atoms with van der Waals surface area (Å²) in [7, 11) is 0. The molecule has 4 heteroatoms. The molecule has 2 unspecified atom stereocenters. The van der Waals surface area contributed by atoms with Gasteiger partial charge in [0.1, 0.15) is 11.9 Å². The van der Waals surface area contributed by atoms with Crippen LogP contribution in [-0.4, -0.2) is 6.54 Å². The topological polar surface area (TPSA) is 35.2 Å². The van der Waals surface area contributed by atoms with E-state index in [1.54, 1.807) is 0 Å². The van der Waals surface area contributed by atoms with Crippen LogP contribution in [0.25, 0.3) is 0 Å². The van der Waals surface area contributed by atoms with Crippen LogP contribution in [0.1, 0.15) is 49.8 Å². The molecule has 0 saturated heterocycles. The maximum absolute atomic E-state index is 14.1. The molecule has 2 N–H and O–H groups in total. The Morgan fingerprint density at radius 1 is 1.15 bits per heavy atom. The highest BCUT2D eigenvalue weighted by Gasteiger charge is 2.34. The maximum Gasteiger partial charge on any atom is 0.168 e. The van der Waals surface area contributed by atoms with Gasteiger partial charge in [-0.3, -0.25) is 0 Å². The number of hydrogen-bond donors (Lipinski definition) is 1. The van der Waals surface area contributed by atoms with Crippen molar-refractivity contribution in [1.29, 1.82) is 0 Å². The van der Waals surface area contributed by atoms with Gasteiger partial charge in [-0.25, -0.2) is 8.78 Å². The van der Waals surface area contributed by atoms with Gasteiger partial charge in [-0.05, 0) is 61.4 Å². The van der Waals surface area contributed by atoms with E-state index < -0.39 is 11.6 Å². The molecule has 140 valence electrons. The van der Waals surface area contributed by atoms with Gasteiger partial charge in [0.15, 0.2) is 11.6 Å². The highest BCUT2D eigenvalue weighted by Crippen LogP contribution is 2.42. The Morgan fingerprint density at radius 2 is 1.96 bits per heavy atom. The van der Waals surface area contributed by atoms with Crippen molar-refractivity contribution < 1.29 is 13.5 Å². The summed E-state index contributed by atoms with van der Waals surface area (Å²) in [5.74, 6) is -0.334. The van der Waals surface area contributed by atoms with Crippen molar-refractivity contribution in [1.82, 2.24) is 0 Å². The second-order valence-corrected chi connectivity index (χ2v) is 7.24. The Bertz CT molecular complexity index is 734. The summed E-state index contributed by atoms with van der Waals surface area (Å²) in [6.07, 6.45) is 5.03. The van der Waals surface area contributed by atoms with Gasteiger partial charge in [-0.15, -0.1) is 0 Å². The first-order valence-corrected chi connectivity index (χ1v) is 9.52. The lowest BCUT2D eigenvalue weighted by atomic mass is 9.90. The van der Waals surface area contributed by atoms with Crippen LogP contribution in [0.5, 0.6) is 5.75 Å². The van der Waals surface area contributed by atoms with Gasteiger partial charge in [0.05, 0.1) is 0 Å². The Kier molecular flexibility index (Phi) is 6.25.